The summed E-state index contributed by atoms with van der Waals surface area (Å²) in [7, 11) is 0. The summed E-state index contributed by atoms with van der Waals surface area (Å²) < 4.78 is 5.45. The van der Waals surface area contributed by atoms with Crippen molar-refractivity contribution in [2.24, 2.45) is 0 Å². The maximum atomic E-state index is 11.0. The van der Waals surface area contributed by atoms with Crippen molar-refractivity contribution in [1.29, 1.82) is 0 Å². The molecule has 0 atom stereocenters. The molecule has 76 valence electrons. The SMILES string of the molecule is CCC(=O)CCCOc1ccccc1. The minimum atomic E-state index is 0.307. The largest absolute Gasteiger partial charge is 0.494 e. The fourth-order valence-electron chi connectivity index (χ4n) is 1.15. The van der Waals surface area contributed by atoms with Crippen molar-refractivity contribution in [2.75, 3.05) is 6.61 Å². The monoisotopic (exact) mass is 192 g/mol. The molecule has 0 fully saturated rings. The Morgan fingerprint density at radius 2 is 2.00 bits per heavy atom. The van der Waals surface area contributed by atoms with E-state index in [2.05, 4.69) is 0 Å². The molecule has 2 heteroatoms. The molecule has 0 unspecified atom stereocenters. The zero-order valence-electron chi connectivity index (χ0n) is 8.53. The molecule has 0 saturated carbocycles. The van der Waals surface area contributed by atoms with Gasteiger partial charge in [-0.2, -0.15) is 0 Å². The summed E-state index contributed by atoms with van der Waals surface area (Å²) in [5.74, 6) is 1.18. The molecule has 1 rings (SSSR count). The predicted octanol–water partition coefficient (Wildman–Crippen LogP) is 2.82. The fraction of sp³-hybridized carbons (Fsp3) is 0.417. The van der Waals surface area contributed by atoms with Gasteiger partial charge in [0, 0.05) is 12.8 Å². The van der Waals surface area contributed by atoms with Crippen LogP contribution >= 0.6 is 0 Å². The minimum Gasteiger partial charge on any atom is -0.494 e. The number of ether oxygens (including phenoxy) is 1. The third-order valence-electron chi connectivity index (χ3n) is 2.01. The maximum Gasteiger partial charge on any atom is 0.132 e. The van der Waals surface area contributed by atoms with Crippen LogP contribution in [0.5, 0.6) is 5.75 Å². The van der Waals surface area contributed by atoms with E-state index >= 15 is 0 Å². The molecule has 2 nitrogen and oxygen atoms in total. The van der Waals surface area contributed by atoms with E-state index < -0.39 is 0 Å². The van der Waals surface area contributed by atoms with Gasteiger partial charge in [-0.25, -0.2) is 0 Å². The van der Waals surface area contributed by atoms with E-state index in [4.69, 9.17) is 4.74 Å². The Hall–Kier alpha value is -1.31. The molecule has 0 spiro atoms. The number of rotatable bonds is 6. The van der Waals surface area contributed by atoms with Gasteiger partial charge in [0.25, 0.3) is 0 Å². The minimum absolute atomic E-state index is 0.307. The molecule has 0 saturated heterocycles. The highest BCUT2D eigenvalue weighted by atomic mass is 16.5. The summed E-state index contributed by atoms with van der Waals surface area (Å²) in [6.07, 6.45) is 2.07. The van der Waals surface area contributed by atoms with Gasteiger partial charge >= 0.3 is 0 Å². The highest BCUT2D eigenvalue weighted by Gasteiger charge is 1.97. The standard InChI is InChI=1S/C12H16O2/c1-2-11(13)7-6-10-14-12-8-4-3-5-9-12/h3-5,8-9H,2,6-7,10H2,1H3. The number of carbonyl (C=O) groups excluding carboxylic acids is 1. The molecule has 0 amide bonds. The van der Waals surface area contributed by atoms with Crippen LogP contribution < -0.4 is 4.74 Å². The van der Waals surface area contributed by atoms with Crippen LogP contribution in [0.2, 0.25) is 0 Å². The zero-order chi connectivity index (χ0) is 10.2. The number of carbonyl (C=O) groups is 1. The van der Waals surface area contributed by atoms with Crippen LogP contribution in [0.4, 0.5) is 0 Å². The van der Waals surface area contributed by atoms with Gasteiger partial charge in [0.05, 0.1) is 6.61 Å². The van der Waals surface area contributed by atoms with Gasteiger partial charge in [0.1, 0.15) is 11.5 Å². The first-order valence-corrected chi connectivity index (χ1v) is 5.02. The maximum absolute atomic E-state index is 11.0. The first kappa shape index (κ1) is 10.8. The van der Waals surface area contributed by atoms with E-state index in [1.807, 2.05) is 37.3 Å². The Bertz CT molecular complexity index is 267. The van der Waals surface area contributed by atoms with Gasteiger partial charge < -0.3 is 4.74 Å². The van der Waals surface area contributed by atoms with Gasteiger partial charge in [-0.3, -0.25) is 4.79 Å². The van der Waals surface area contributed by atoms with Gasteiger partial charge in [-0.1, -0.05) is 25.1 Å². The molecule has 0 heterocycles. The fourth-order valence-corrected chi connectivity index (χ4v) is 1.15. The highest BCUT2D eigenvalue weighted by Crippen LogP contribution is 2.08. The molecule has 14 heavy (non-hydrogen) atoms. The lowest BCUT2D eigenvalue weighted by Crippen LogP contribution is -2.01. The molecule has 0 aromatic heterocycles. The van der Waals surface area contributed by atoms with E-state index in [0.29, 0.717) is 25.2 Å². The third kappa shape index (κ3) is 4.08. The van der Waals surface area contributed by atoms with Gasteiger partial charge in [-0.15, -0.1) is 0 Å². The Balaban J connectivity index is 2.13. The van der Waals surface area contributed by atoms with Crippen molar-refractivity contribution >= 4 is 5.78 Å². The van der Waals surface area contributed by atoms with Crippen LogP contribution in [0.3, 0.4) is 0 Å². The van der Waals surface area contributed by atoms with Crippen molar-refractivity contribution < 1.29 is 9.53 Å². The van der Waals surface area contributed by atoms with Crippen molar-refractivity contribution in [3.63, 3.8) is 0 Å². The lowest BCUT2D eigenvalue weighted by Gasteiger charge is -2.04. The Labute approximate surface area is 84.9 Å². The average Bonchev–Trinajstić information content (AvgIpc) is 2.25. The van der Waals surface area contributed by atoms with Crippen LogP contribution in [-0.4, -0.2) is 12.4 Å². The second-order valence-corrected chi connectivity index (χ2v) is 3.16. The van der Waals surface area contributed by atoms with Crippen molar-refractivity contribution in [2.45, 2.75) is 26.2 Å². The summed E-state index contributed by atoms with van der Waals surface area (Å²) >= 11 is 0. The van der Waals surface area contributed by atoms with E-state index in [1.54, 1.807) is 0 Å². The van der Waals surface area contributed by atoms with Crippen LogP contribution in [0.15, 0.2) is 30.3 Å². The van der Waals surface area contributed by atoms with Crippen molar-refractivity contribution in [3.05, 3.63) is 30.3 Å². The summed E-state index contributed by atoms with van der Waals surface area (Å²) in [6, 6.07) is 9.66. The first-order valence-electron chi connectivity index (χ1n) is 5.02. The first-order chi connectivity index (χ1) is 6.83. The molecule has 0 N–H and O–H groups in total. The van der Waals surface area contributed by atoms with E-state index in [9.17, 15) is 4.79 Å². The summed E-state index contributed by atoms with van der Waals surface area (Å²) in [5.41, 5.74) is 0. The third-order valence-corrected chi connectivity index (χ3v) is 2.01. The number of benzene rings is 1. The molecular formula is C12H16O2. The van der Waals surface area contributed by atoms with Gasteiger partial charge in [0.2, 0.25) is 0 Å². The lowest BCUT2D eigenvalue weighted by molar-refractivity contribution is -0.118. The van der Waals surface area contributed by atoms with Gasteiger partial charge in [-0.05, 0) is 18.6 Å². The lowest BCUT2D eigenvalue weighted by atomic mass is 10.2. The van der Waals surface area contributed by atoms with Crippen LogP contribution in [0.25, 0.3) is 0 Å². The van der Waals surface area contributed by atoms with Crippen LogP contribution in [-0.2, 0) is 4.79 Å². The summed E-state index contributed by atoms with van der Waals surface area (Å²) in [5, 5.41) is 0. The molecule has 0 radical (unpaired) electrons. The average molecular weight is 192 g/mol. The van der Waals surface area contributed by atoms with E-state index in [-0.39, 0.29) is 0 Å². The van der Waals surface area contributed by atoms with Gasteiger partial charge in [0.15, 0.2) is 0 Å². The van der Waals surface area contributed by atoms with Crippen LogP contribution in [0.1, 0.15) is 26.2 Å². The molecule has 1 aromatic rings. The highest BCUT2D eigenvalue weighted by molar-refractivity contribution is 5.77. The second-order valence-electron chi connectivity index (χ2n) is 3.16. The predicted molar refractivity (Wildman–Crippen MR) is 56.5 cm³/mol. The number of hydrogen-bond donors (Lipinski definition) is 0. The van der Waals surface area contributed by atoms with E-state index in [1.165, 1.54) is 0 Å². The quantitative estimate of drug-likeness (QED) is 0.648. The topological polar surface area (TPSA) is 26.3 Å². The van der Waals surface area contributed by atoms with Crippen molar-refractivity contribution in [3.8, 4) is 5.75 Å². The Kier molecular flexibility index (Phi) is 4.76. The molecular weight excluding hydrogens is 176 g/mol. The zero-order valence-corrected chi connectivity index (χ0v) is 8.53. The normalized spacial score (nSPS) is 9.79. The molecule has 0 aliphatic heterocycles. The molecule has 0 aliphatic carbocycles. The number of Topliss-reactive ketones (excluding diaryl/α,β-unsaturated/α-hetero) is 1. The Morgan fingerprint density at radius 3 is 2.64 bits per heavy atom. The summed E-state index contributed by atoms with van der Waals surface area (Å²) in [4.78, 5) is 11.0. The smallest absolute Gasteiger partial charge is 0.132 e. The summed E-state index contributed by atoms with van der Waals surface area (Å²) in [6.45, 7) is 2.51. The second kappa shape index (κ2) is 6.19. The Morgan fingerprint density at radius 1 is 1.29 bits per heavy atom. The van der Waals surface area contributed by atoms with Crippen LogP contribution in [0, 0.1) is 0 Å². The number of para-hydroxylation sites is 1. The molecule has 0 bridgehead atoms. The number of ketones is 1. The molecule has 1 aromatic carbocycles. The van der Waals surface area contributed by atoms with Crippen molar-refractivity contribution in [1.82, 2.24) is 0 Å². The number of hydrogen-bond acceptors (Lipinski definition) is 2. The molecule has 0 aliphatic rings. The van der Waals surface area contributed by atoms with E-state index in [0.717, 1.165) is 12.2 Å².